The van der Waals surface area contributed by atoms with Gasteiger partial charge in [0, 0.05) is 12.6 Å². The van der Waals surface area contributed by atoms with Crippen molar-refractivity contribution in [3.63, 3.8) is 0 Å². The molecule has 8 nitrogen and oxygen atoms in total. The fourth-order valence-electron chi connectivity index (χ4n) is 3.55. The smallest absolute Gasteiger partial charge is 0.338 e. The van der Waals surface area contributed by atoms with Crippen molar-refractivity contribution in [2.45, 2.75) is 6.92 Å². The molecule has 0 bridgehead atoms. The molecule has 0 saturated carbocycles. The van der Waals surface area contributed by atoms with Gasteiger partial charge in [0.15, 0.2) is 0 Å². The molecule has 0 aliphatic carbocycles. The molecule has 2 heterocycles. The third-order valence-corrected chi connectivity index (χ3v) is 5.29. The van der Waals surface area contributed by atoms with E-state index in [2.05, 4.69) is 0 Å². The van der Waals surface area contributed by atoms with E-state index in [1.54, 1.807) is 60.7 Å². The van der Waals surface area contributed by atoms with Crippen LogP contribution in [-0.4, -0.2) is 42.9 Å². The zero-order chi connectivity index (χ0) is 23.7. The number of carbonyl (C=O) groups excluding carboxylic acids is 4. The molecule has 1 aromatic heterocycles. The van der Waals surface area contributed by atoms with Crippen molar-refractivity contribution in [2.24, 2.45) is 0 Å². The van der Waals surface area contributed by atoms with E-state index in [4.69, 9.17) is 9.15 Å². The van der Waals surface area contributed by atoms with Crippen LogP contribution in [0.2, 0.25) is 0 Å². The third-order valence-electron chi connectivity index (χ3n) is 5.29. The van der Waals surface area contributed by atoms with Crippen molar-refractivity contribution in [3.8, 4) is 11.3 Å². The standard InChI is InChI=1S/C25H20N2O6/c1-15-13-16(24(30)32-3)9-11-19(15)21-12-10-18(33-21)14-20-22(28)26(2)25(31)27(23(20)29)17-7-5-4-6-8-17/h4-14H,1-3H3/b20-14+. The van der Waals surface area contributed by atoms with Gasteiger partial charge in [0.2, 0.25) is 0 Å². The van der Waals surface area contributed by atoms with E-state index >= 15 is 0 Å². The number of urea groups is 1. The van der Waals surface area contributed by atoms with Crippen LogP contribution in [0.25, 0.3) is 17.4 Å². The molecule has 0 unspecified atom stereocenters. The summed E-state index contributed by atoms with van der Waals surface area (Å²) < 4.78 is 10.6. The molecule has 4 rings (SSSR count). The quantitative estimate of drug-likeness (QED) is 0.342. The number of amides is 4. The first-order valence-electron chi connectivity index (χ1n) is 10.0. The average molecular weight is 444 g/mol. The fourth-order valence-corrected chi connectivity index (χ4v) is 3.55. The maximum absolute atomic E-state index is 13.1. The molecule has 4 amide bonds. The highest BCUT2D eigenvalue weighted by molar-refractivity contribution is 6.38. The van der Waals surface area contributed by atoms with Crippen molar-refractivity contribution in [1.82, 2.24) is 4.90 Å². The van der Waals surface area contributed by atoms with Crippen LogP contribution in [0.15, 0.2) is 70.7 Å². The number of ether oxygens (including phenoxy) is 1. The highest BCUT2D eigenvalue weighted by Crippen LogP contribution is 2.29. The van der Waals surface area contributed by atoms with E-state index in [9.17, 15) is 19.2 Å². The van der Waals surface area contributed by atoms with E-state index in [-0.39, 0.29) is 11.3 Å². The summed E-state index contributed by atoms with van der Waals surface area (Å²) in [6.45, 7) is 1.83. The van der Waals surface area contributed by atoms with Gasteiger partial charge < -0.3 is 9.15 Å². The number of hydrogen-bond acceptors (Lipinski definition) is 6. The zero-order valence-electron chi connectivity index (χ0n) is 18.2. The molecule has 1 saturated heterocycles. The number of imide groups is 2. The van der Waals surface area contributed by atoms with Gasteiger partial charge in [-0.3, -0.25) is 14.5 Å². The van der Waals surface area contributed by atoms with Crippen LogP contribution < -0.4 is 4.90 Å². The first-order valence-corrected chi connectivity index (χ1v) is 10.0. The Morgan fingerprint density at radius 1 is 0.970 bits per heavy atom. The number of anilines is 1. The number of likely N-dealkylation sites (N-methyl/N-ethyl adjacent to an activating group) is 1. The number of barbiturate groups is 1. The van der Waals surface area contributed by atoms with Crippen LogP contribution in [0.3, 0.4) is 0 Å². The molecule has 8 heteroatoms. The number of furan rings is 1. The Labute approximate surface area is 189 Å². The summed E-state index contributed by atoms with van der Waals surface area (Å²) in [6, 6.07) is 16.0. The Kier molecular flexibility index (Phi) is 5.66. The zero-order valence-corrected chi connectivity index (χ0v) is 18.2. The maximum Gasteiger partial charge on any atom is 0.338 e. The normalized spacial score (nSPS) is 15.4. The van der Waals surface area contributed by atoms with Crippen molar-refractivity contribution < 1.29 is 28.3 Å². The Bertz CT molecular complexity index is 1310. The summed E-state index contributed by atoms with van der Waals surface area (Å²) in [7, 11) is 2.64. The number of para-hydroxylation sites is 1. The lowest BCUT2D eigenvalue weighted by molar-refractivity contribution is -0.128. The van der Waals surface area contributed by atoms with Gasteiger partial charge in [-0.05, 0) is 55.0 Å². The lowest BCUT2D eigenvalue weighted by Crippen LogP contribution is -2.55. The largest absolute Gasteiger partial charge is 0.465 e. The van der Waals surface area contributed by atoms with Gasteiger partial charge in [-0.1, -0.05) is 24.3 Å². The fraction of sp³-hybridized carbons (Fsp3) is 0.120. The molecule has 2 aromatic carbocycles. The van der Waals surface area contributed by atoms with Crippen molar-refractivity contribution in [2.75, 3.05) is 19.1 Å². The molecule has 0 radical (unpaired) electrons. The molecule has 33 heavy (non-hydrogen) atoms. The summed E-state index contributed by atoms with van der Waals surface area (Å²) in [4.78, 5) is 51.9. The molecular weight excluding hydrogens is 424 g/mol. The molecule has 3 aromatic rings. The molecule has 1 aliphatic rings. The minimum Gasteiger partial charge on any atom is -0.465 e. The molecule has 0 N–H and O–H groups in total. The average Bonchev–Trinajstić information content (AvgIpc) is 3.29. The topological polar surface area (TPSA) is 97.1 Å². The molecular formula is C25H20N2O6. The van der Waals surface area contributed by atoms with E-state index in [0.29, 0.717) is 17.0 Å². The summed E-state index contributed by atoms with van der Waals surface area (Å²) >= 11 is 0. The molecule has 1 aliphatic heterocycles. The van der Waals surface area contributed by atoms with Gasteiger partial charge in [0.1, 0.15) is 17.1 Å². The lowest BCUT2D eigenvalue weighted by Gasteiger charge is -2.31. The van der Waals surface area contributed by atoms with Gasteiger partial charge in [-0.15, -0.1) is 0 Å². The van der Waals surface area contributed by atoms with Crippen LogP contribution in [0, 0.1) is 6.92 Å². The Morgan fingerprint density at radius 3 is 2.36 bits per heavy atom. The van der Waals surface area contributed by atoms with Crippen LogP contribution in [-0.2, 0) is 14.3 Å². The summed E-state index contributed by atoms with van der Waals surface area (Å²) in [5, 5.41) is 0. The van der Waals surface area contributed by atoms with E-state index < -0.39 is 23.8 Å². The second-order valence-corrected chi connectivity index (χ2v) is 7.40. The van der Waals surface area contributed by atoms with Crippen LogP contribution in [0.5, 0.6) is 0 Å². The number of rotatable bonds is 4. The third kappa shape index (κ3) is 3.94. The second kappa shape index (κ2) is 8.58. The van der Waals surface area contributed by atoms with Gasteiger partial charge in [0.05, 0.1) is 18.4 Å². The van der Waals surface area contributed by atoms with Gasteiger partial charge >= 0.3 is 12.0 Å². The molecule has 1 fully saturated rings. The summed E-state index contributed by atoms with van der Waals surface area (Å²) in [5.41, 5.74) is 2.11. The van der Waals surface area contributed by atoms with Crippen LogP contribution >= 0.6 is 0 Å². The molecule has 0 atom stereocenters. The predicted molar refractivity (Wildman–Crippen MR) is 120 cm³/mol. The summed E-state index contributed by atoms with van der Waals surface area (Å²) in [6.07, 6.45) is 1.32. The number of carbonyl (C=O) groups is 4. The van der Waals surface area contributed by atoms with Crippen LogP contribution in [0.1, 0.15) is 21.7 Å². The number of benzene rings is 2. The molecule has 166 valence electrons. The van der Waals surface area contributed by atoms with Crippen molar-refractivity contribution >= 4 is 35.6 Å². The maximum atomic E-state index is 13.1. The van der Waals surface area contributed by atoms with Gasteiger partial charge in [0.25, 0.3) is 11.8 Å². The predicted octanol–water partition coefficient (Wildman–Crippen LogP) is 4.05. The van der Waals surface area contributed by atoms with Crippen LogP contribution in [0.4, 0.5) is 10.5 Å². The minimum absolute atomic E-state index is 0.195. The van der Waals surface area contributed by atoms with Crippen molar-refractivity contribution in [3.05, 3.63) is 83.1 Å². The van der Waals surface area contributed by atoms with Gasteiger partial charge in [-0.25, -0.2) is 14.5 Å². The van der Waals surface area contributed by atoms with Gasteiger partial charge in [-0.2, -0.15) is 0 Å². The van der Waals surface area contributed by atoms with E-state index in [0.717, 1.165) is 20.9 Å². The minimum atomic E-state index is -0.731. The lowest BCUT2D eigenvalue weighted by atomic mass is 10.0. The first kappa shape index (κ1) is 21.8. The van der Waals surface area contributed by atoms with E-state index in [1.807, 2.05) is 6.92 Å². The Morgan fingerprint density at radius 2 is 1.70 bits per heavy atom. The second-order valence-electron chi connectivity index (χ2n) is 7.40. The number of hydrogen-bond donors (Lipinski definition) is 0. The van der Waals surface area contributed by atoms with Crippen molar-refractivity contribution in [1.29, 1.82) is 0 Å². The van der Waals surface area contributed by atoms with E-state index in [1.165, 1.54) is 20.2 Å². The highest BCUT2D eigenvalue weighted by Gasteiger charge is 2.41. The first-order chi connectivity index (χ1) is 15.8. The Balaban J connectivity index is 1.68. The summed E-state index contributed by atoms with van der Waals surface area (Å²) in [5.74, 6) is -1.12. The number of aryl methyl sites for hydroxylation is 1. The monoisotopic (exact) mass is 444 g/mol. The highest BCUT2D eigenvalue weighted by atomic mass is 16.5. The Hall–Kier alpha value is -4.46. The number of esters is 1. The molecule has 0 spiro atoms. The SMILES string of the molecule is COC(=O)c1ccc(-c2ccc(/C=C3\C(=O)N(C)C(=O)N(c4ccccc4)C3=O)o2)c(C)c1. The number of nitrogens with zero attached hydrogens (tertiary/aromatic N) is 2. The number of methoxy groups -OCH3 is 1.